The zero-order valence-corrected chi connectivity index (χ0v) is 8.00. The average Bonchev–Trinajstić information content (AvgIpc) is 2.03. The summed E-state index contributed by atoms with van der Waals surface area (Å²) >= 11 is 0. The molecule has 0 aromatic rings. The van der Waals surface area contributed by atoms with E-state index in [9.17, 15) is 4.79 Å². The molecule has 0 radical (unpaired) electrons. The summed E-state index contributed by atoms with van der Waals surface area (Å²) in [5.74, 6) is 0.0586. The fraction of sp³-hybridized carbons (Fsp3) is 0.778. The molecule has 0 bridgehead atoms. The van der Waals surface area contributed by atoms with Crippen molar-refractivity contribution in [3.05, 3.63) is 0 Å². The summed E-state index contributed by atoms with van der Waals surface area (Å²) in [7, 11) is 0. The standard InChI is InChI=1S/C9H16N2O/c1-4-6-11(7-5-10)9(12)8(2)3/h8H,4,6-7H2,1-3H3. The topological polar surface area (TPSA) is 44.1 Å². The Labute approximate surface area is 74.0 Å². The minimum absolute atomic E-state index is 0.00935. The van der Waals surface area contributed by atoms with Gasteiger partial charge in [-0.2, -0.15) is 5.26 Å². The molecule has 0 atom stereocenters. The van der Waals surface area contributed by atoms with Crippen LogP contribution in [0.1, 0.15) is 27.2 Å². The monoisotopic (exact) mass is 168 g/mol. The summed E-state index contributed by atoms with van der Waals surface area (Å²) in [5, 5.41) is 8.45. The third-order valence-corrected chi connectivity index (χ3v) is 1.56. The Balaban J connectivity index is 4.11. The van der Waals surface area contributed by atoms with Crippen molar-refractivity contribution < 1.29 is 4.79 Å². The van der Waals surface area contributed by atoms with E-state index in [1.54, 1.807) is 4.90 Å². The van der Waals surface area contributed by atoms with Crippen LogP contribution in [0.25, 0.3) is 0 Å². The Kier molecular flexibility index (Phi) is 5.11. The molecule has 0 unspecified atom stereocenters. The summed E-state index contributed by atoms with van der Waals surface area (Å²) in [4.78, 5) is 13.0. The molecule has 0 aromatic heterocycles. The smallest absolute Gasteiger partial charge is 0.225 e. The first kappa shape index (κ1) is 11.0. The first-order valence-corrected chi connectivity index (χ1v) is 4.29. The van der Waals surface area contributed by atoms with Crippen LogP contribution >= 0.6 is 0 Å². The van der Waals surface area contributed by atoms with Crippen molar-refractivity contribution in [2.45, 2.75) is 27.2 Å². The predicted octanol–water partition coefficient (Wildman–Crippen LogP) is 1.40. The molecule has 0 saturated carbocycles. The van der Waals surface area contributed by atoms with Gasteiger partial charge in [0.2, 0.25) is 5.91 Å². The van der Waals surface area contributed by atoms with Crippen molar-refractivity contribution in [1.29, 1.82) is 5.26 Å². The minimum atomic E-state index is -0.00935. The highest BCUT2D eigenvalue weighted by molar-refractivity contribution is 5.78. The van der Waals surface area contributed by atoms with Gasteiger partial charge >= 0.3 is 0 Å². The Morgan fingerprint density at radius 1 is 1.58 bits per heavy atom. The molecule has 3 heteroatoms. The van der Waals surface area contributed by atoms with Crippen LogP contribution in [0.4, 0.5) is 0 Å². The van der Waals surface area contributed by atoms with Gasteiger partial charge in [0.05, 0.1) is 6.07 Å². The normalized spacial score (nSPS) is 9.58. The Bertz CT molecular complexity index is 181. The van der Waals surface area contributed by atoms with Gasteiger partial charge in [-0.05, 0) is 6.42 Å². The number of nitrogens with zero attached hydrogens (tertiary/aromatic N) is 2. The first-order chi connectivity index (χ1) is 5.63. The summed E-state index contributed by atoms with van der Waals surface area (Å²) in [6, 6.07) is 1.99. The lowest BCUT2D eigenvalue weighted by Gasteiger charge is -2.20. The lowest BCUT2D eigenvalue weighted by molar-refractivity contribution is -0.133. The van der Waals surface area contributed by atoms with Gasteiger partial charge in [0.25, 0.3) is 0 Å². The molecule has 68 valence electrons. The van der Waals surface area contributed by atoms with Crippen molar-refractivity contribution in [1.82, 2.24) is 4.90 Å². The maximum Gasteiger partial charge on any atom is 0.225 e. The van der Waals surface area contributed by atoms with Crippen LogP contribution in [-0.2, 0) is 4.79 Å². The van der Waals surface area contributed by atoms with E-state index in [4.69, 9.17) is 5.26 Å². The van der Waals surface area contributed by atoms with Crippen molar-refractivity contribution in [2.24, 2.45) is 5.92 Å². The van der Waals surface area contributed by atoms with Crippen molar-refractivity contribution in [3.63, 3.8) is 0 Å². The summed E-state index contributed by atoms with van der Waals surface area (Å²) in [6.45, 7) is 6.60. The summed E-state index contributed by atoms with van der Waals surface area (Å²) in [6.07, 6.45) is 0.903. The highest BCUT2D eigenvalue weighted by Gasteiger charge is 2.14. The van der Waals surface area contributed by atoms with Gasteiger partial charge < -0.3 is 4.90 Å². The van der Waals surface area contributed by atoms with Gasteiger partial charge in [-0.1, -0.05) is 20.8 Å². The Morgan fingerprint density at radius 2 is 2.17 bits per heavy atom. The molecule has 12 heavy (non-hydrogen) atoms. The number of amides is 1. The average molecular weight is 168 g/mol. The zero-order chi connectivity index (χ0) is 9.56. The van der Waals surface area contributed by atoms with Gasteiger partial charge in [0, 0.05) is 12.5 Å². The Hall–Kier alpha value is -1.04. The minimum Gasteiger partial charge on any atom is -0.329 e. The second kappa shape index (κ2) is 5.59. The van der Waals surface area contributed by atoms with Gasteiger partial charge in [-0.15, -0.1) is 0 Å². The summed E-state index contributed by atoms with van der Waals surface area (Å²) < 4.78 is 0. The fourth-order valence-corrected chi connectivity index (χ4v) is 0.988. The van der Waals surface area contributed by atoms with Crippen molar-refractivity contribution >= 4 is 5.91 Å². The number of nitriles is 1. The number of hydrogen-bond acceptors (Lipinski definition) is 2. The highest BCUT2D eigenvalue weighted by atomic mass is 16.2. The molecule has 0 spiro atoms. The second-order valence-corrected chi connectivity index (χ2v) is 3.07. The maximum absolute atomic E-state index is 11.4. The molecular formula is C9H16N2O. The van der Waals surface area contributed by atoms with Gasteiger partial charge in [0.15, 0.2) is 0 Å². The van der Waals surface area contributed by atoms with Gasteiger partial charge in [0.1, 0.15) is 6.54 Å². The van der Waals surface area contributed by atoms with Gasteiger partial charge in [-0.3, -0.25) is 4.79 Å². The quantitative estimate of drug-likeness (QED) is 0.596. The molecule has 0 saturated heterocycles. The molecule has 3 nitrogen and oxygen atoms in total. The molecule has 0 rings (SSSR count). The molecule has 1 amide bonds. The summed E-state index contributed by atoms with van der Waals surface area (Å²) in [5.41, 5.74) is 0. The molecule has 0 aliphatic carbocycles. The molecule has 0 aromatic carbocycles. The van der Waals surface area contributed by atoms with E-state index in [1.807, 2.05) is 26.8 Å². The van der Waals surface area contributed by atoms with Crippen LogP contribution in [0.2, 0.25) is 0 Å². The van der Waals surface area contributed by atoms with E-state index in [1.165, 1.54) is 0 Å². The van der Waals surface area contributed by atoms with Crippen molar-refractivity contribution in [3.8, 4) is 6.07 Å². The SMILES string of the molecule is CCCN(CC#N)C(=O)C(C)C. The predicted molar refractivity (Wildman–Crippen MR) is 47.3 cm³/mol. The number of carbonyl (C=O) groups excluding carboxylic acids is 1. The lowest BCUT2D eigenvalue weighted by Crippen LogP contribution is -2.35. The molecular weight excluding hydrogens is 152 g/mol. The van der Waals surface area contributed by atoms with E-state index in [0.29, 0.717) is 6.54 Å². The van der Waals surface area contributed by atoms with Crippen molar-refractivity contribution in [2.75, 3.05) is 13.1 Å². The highest BCUT2D eigenvalue weighted by Crippen LogP contribution is 2.01. The number of carbonyl (C=O) groups is 1. The van der Waals surface area contributed by atoms with E-state index < -0.39 is 0 Å². The van der Waals surface area contributed by atoms with Crippen LogP contribution in [0.5, 0.6) is 0 Å². The molecule has 0 heterocycles. The molecule has 0 aliphatic rings. The molecule has 0 N–H and O–H groups in total. The lowest BCUT2D eigenvalue weighted by atomic mass is 10.2. The largest absolute Gasteiger partial charge is 0.329 e. The third kappa shape index (κ3) is 3.38. The van der Waals surface area contributed by atoms with Crippen LogP contribution in [-0.4, -0.2) is 23.9 Å². The fourth-order valence-electron chi connectivity index (χ4n) is 0.988. The van der Waals surface area contributed by atoms with E-state index in [0.717, 1.165) is 6.42 Å². The van der Waals surface area contributed by atoms with Crippen LogP contribution in [0, 0.1) is 17.2 Å². The van der Waals surface area contributed by atoms with Crippen LogP contribution < -0.4 is 0 Å². The Morgan fingerprint density at radius 3 is 2.50 bits per heavy atom. The van der Waals surface area contributed by atoms with E-state index in [2.05, 4.69) is 0 Å². The third-order valence-electron chi connectivity index (χ3n) is 1.56. The van der Waals surface area contributed by atoms with Gasteiger partial charge in [-0.25, -0.2) is 0 Å². The van der Waals surface area contributed by atoms with Crippen LogP contribution in [0.3, 0.4) is 0 Å². The second-order valence-electron chi connectivity index (χ2n) is 3.07. The van der Waals surface area contributed by atoms with Crippen LogP contribution in [0.15, 0.2) is 0 Å². The zero-order valence-electron chi connectivity index (χ0n) is 8.00. The maximum atomic E-state index is 11.4. The van der Waals surface area contributed by atoms with E-state index in [-0.39, 0.29) is 18.4 Å². The molecule has 0 aliphatic heterocycles. The first-order valence-electron chi connectivity index (χ1n) is 4.29. The number of hydrogen-bond donors (Lipinski definition) is 0. The molecule has 0 fully saturated rings. The van der Waals surface area contributed by atoms with E-state index >= 15 is 0 Å². The number of rotatable bonds is 4.